The SMILES string of the molecule is CCc1c(-c2ccc(O)cc2)cccc1C(C)C(=O)O. The zero-order chi connectivity index (χ0) is 14.7. The quantitative estimate of drug-likeness (QED) is 0.888. The minimum absolute atomic E-state index is 0.224. The van der Waals surface area contributed by atoms with Gasteiger partial charge in [-0.1, -0.05) is 37.3 Å². The van der Waals surface area contributed by atoms with Crippen LogP contribution in [0, 0.1) is 0 Å². The number of aromatic hydroxyl groups is 1. The van der Waals surface area contributed by atoms with E-state index >= 15 is 0 Å². The molecule has 0 bridgehead atoms. The van der Waals surface area contributed by atoms with E-state index in [2.05, 4.69) is 0 Å². The van der Waals surface area contributed by atoms with Gasteiger partial charge in [-0.2, -0.15) is 0 Å². The van der Waals surface area contributed by atoms with Gasteiger partial charge in [-0.3, -0.25) is 4.79 Å². The maximum atomic E-state index is 11.2. The molecule has 3 heteroatoms. The third-order valence-electron chi connectivity index (χ3n) is 3.58. The molecule has 0 aliphatic heterocycles. The standard InChI is InChI=1S/C17H18O3/c1-3-14-15(11(2)17(19)20)5-4-6-16(14)12-7-9-13(18)10-8-12/h4-11,18H,3H2,1-2H3,(H,19,20). The van der Waals surface area contributed by atoms with Crippen LogP contribution < -0.4 is 0 Å². The van der Waals surface area contributed by atoms with Crippen LogP contribution >= 0.6 is 0 Å². The van der Waals surface area contributed by atoms with Gasteiger partial charge in [0.15, 0.2) is 0 Å². The van der Waals surface area contributed by atoms with E-state index in [-0.39, 0.29) is 5.75 Å². The van der Waals surface area contributed by atoms with Gasteiger partial charge >= 0.3 is 5.97 Å². The smallest absolute Gasteiger partial charge is 0.310 e. The number of aliphatic carboxylic acids is 1. The number of carboxylic acid groups (broad SMARTS) is 1. The average Bonchev–Trinajstić information content (AvgIpc) is 2.46. The normalized spacial score (nSPS) is 12.1. The fourth-order valence-electron chi connectivity index (χ4n) is 2.45. The molecule has 3 nitrogen and oxygen atoms in total. The summed E-state index contributed by atoms with van der Waals surface area (Å²) in [6.07, 6.45) is 0.768. The van der Waals surface area contributed by atoms with E-state index in [9.17, 15) is 15.0 Å². The number of hydrogen-bond acceptors (Lipinski definition) is 2. The average molecular weight is 270 g/mol. The van der Waals surface area contributed by atoms with Crippen LogP contribution in [0.3, 0.4) is 0 Å². The first-order valence-electron chi connectivity index (χ1n) is 6.68. The molecule has 0 saturated carbocycles. The molecule has 104 valence electrons. The number of rotatable bonds is 4. The van der Waals surface area contributed by atoms with E-state index in [0.29, 0.717) is 0 Å². The summed E-state index contributed by atoms with van der Waals surface area (Å²) in [7, 11) is 0. The van der Waals surface area contributed by atoms with Crippen molar-refractivity contribution in [3.05, 3.63) is 53.6 Å². The van der Waals surface area contributed by atoms with Gasteiger partial charge in [-0.15, -0.1) is 0 Å². The highest BCUT2D eigenvalue weighted by atomic mass is 16.4. The summed E-state index contributed by atoms with van der Waals surface area (Å²) in [4.78, 5) is 11.2. The molecule has 0 saturated heterocycles. The number of hydrogen-bond donors (Lipinski definition) is 2. The lowest BCUT2D eigenvalue weighted by atomic mass is 9.88. The second-order valence-electron chi connectivity index (χ2n) is 4.83. The summed E-state index contributed by atoms with van der Waals surface area (Å²) in [5.74, 6) is -1.12. The molecule has 0 aliphatic carbocycles. The van der Waals surface area contributed by atoms with Crippen molar-refractivity contribution in [2.24, 2.45) is 0 Å². The summed E-state index contributed by atoms with van der Waals surface area (Å²) in [6, 6.07) is 12.7. The van der Waals surface area contributed by atoms with Gasteiger partial charge in [0.1, 0.15) is 5.75 Å². The van der Waals surface area contributed by atoms with E-state index in [4.69, 9.17) is 0 Å². The Morgan fingerprint density at radius 3 is 2.35 bits per heavy atom. The van der Waals surface area contributed by atoms with Crippen molar-refractivity contribution >= 4 is 5.97 Å². The Kier molecular flexibility index (Phi) is 4.08. The molecule has 1 unspecified atom stereocenters. The first kappa shape index (κ1) is 14.1. The van der Waals surface area contributed by atoms with Crippen molar-refractivity contribution in [3.63, 3.8) is 0 Å². The molecule has 0 heterocycles. The molecule has 2 rings (SSSR count). The van der Waals surface area contributed by atoms with Crippen LogP contribution in [0.5, 0.6) is 5.75 Å². The van der Waals surface area contributed by atoms with Crippen molar-refractivity contribution in [1.29, 1.82) is 0 Å². The number of phenols is 1. The molecule has 2 N–H and O–H groups in total. The van der Waals surface area contributed by atoms with Crippen LogP contribution in [0.25, 0.3) is 11.1 Å². The number of benzene rings is 2. The molecule has 20 heavy (non-hydrogen) atoms. The summed E-state index contributed by atoms with van der Waals surface area (Å²) >= 11 is 0. The van der Waals surface area contributed by atoms with E-state index in [1.165, 1.54) is 0 Å². The van der Waals surface area contributed by atoms with Crippen molar-refractivity contribution in [3.8, 4) is 16.9 Å². The Bertz CT molecular complexity index is 615. The molecule has 0 aromatic heterocycles. The van der Waals surface area contributed by atoms with Crippen molar-refractivity contribution in [2.75, 3.05) is 0 Å². The van der Waals surface area contributed by atoms with E-state index in [1.54, 1.807) is 19.1 Å². The monoisotopic (exact) mass is 270 g/mol. The van der Waals surface area contributed by atoms with Gasteiger partial charge in [0.2, 0.25) is 0 Å². The fraction of sp³-hybridized carbons (Fsp3) is 0.235. The van der Waals surface area contributed by atoms with Crippen LogP contribution in [-0.2, 0) is 11.2 Å². The van der Waals surface area contributed by atoms with E-state index < -0.39 is 11.9 Å². The van der Waals surface area contributed by atoms with E-state index in [0.717, 1.165) is 28.7 Å². The highest BCUT2D eigenvalue weighted by Crippen LogP contribution is 2.31. The summed E-state index contributed by atoms with van der Waals surface area (Å²) in [5.41, 5.74) is 3.91. The molecule has 0 amide bonds. The number of phenolic OH excluding ortho intramolecular Hbond substituents is 1. The largest absolute Gasteiger partial charge is 0.508 e. The first-order valence-corrected chi connectivity index (χ1v) is 6.68. The Morgan fingerprint density at radius 1 is 1.15 bits per heavy atom. The highest BCUT2D eigenvalue weighted by Gasteiger charge is 2.18. The lowest BCUT2D eigenvalue weighted by Gasteiger charge is -2.16. The molecule has 0 radical (unpaired) electrons. The third-order valence-corrected chi connectivity index (χ3v) is 3.58. The van der Waals surface area contributed by atoms with E-state index in [1.807, 2.05) is 37.3 Å². The molecular weight excluding hydrogens is 252 g/mol. The van der Waals surface area contributed by atoms with Crippen LogP contribution in [0.4, 0.5) is 0 Å². The zero-order valence-electron chi connectivity index (χ0n) is 11.6. The minimum atomic E-state index is -0.817. The first-order chi connectivity index (χ1) is 9.54. The molecule has 1 atom stereocenters. The van der Waals surface area contributed by atoms with Gasteiger partial charge in [0.25, 0.3) is 0 Å². The lowest BCUT2D eigenvalue weighted by Crippen LogP contribution is -2.10. The molecular formula is C17H18O3. The Labute approximate surface area is 118 Å². The van der Waals surface area contributed by atoms with Gasteiger partial charge in [0, 0.05) is 0 Å². The van der Waals surface area contributed by atoms with Crippen LogP contribution in [-0.4, -0.2) is 16.2 Å². The molecule has 0 aliphatic rings. The molecule has 2 aromatic rings. The van der Waals surface area contributed by atoms with Crippen molar-refractivity contribution in [1.82, 2.24) is 0 Å². The predicted molar refractivity (Wildman–Crippen MR) is 79.0 cm³/mol. The topological polar surface area (TPSA) is 57.5 Å². The predicted octanol–water partition coefficient (Wildman–Crippen LogP) is 3.81. The van der Waals surface area contributed by atoms with Crippen molar-refractivity contribution < 1.29 is 15.0 Å². The molecule has 0 spiro atoms. The minimum Gasteiger partial charge on any atom is -0.508 e. The Balaban J connectivity index is 2.57. The molecule has 0 fully saturated rings. The van der Waals surface area contributed by atoms with Crippen molar-refractivity contribution in [2.45, 2.75) is 26.2 Å². The van der Waals surface area contributed by atoms with Gasteiger partial charge in [-0.25, -0.2) is 0 Å². The zero-order valence-corrected chi connectivity index (χ0v) is 11.6. The molecule has 2 aromatic carbocycles. The summed E-state index contributed by atoms with van der Waals surface area (Å²) in [5, 5.41) is 18.6. The summed E-state index contributed by atoms with van der Waals surface area (Å²) in [6.45, 7) is 3.73. The third kappa shape index (κ3) is 2.67. The Hall–Kier alpha value is -2.29. The number of carbonyl (C=O) groups is 1. The van der Waals surface area contributed by atoms with Crippen LogP contribution in [0.15, 0.2) is 42.5 Å². The summed E-state index contributed by atoms with van der Waals surface area (Å²) < 4.78 is 0. The second-order valence-corrected chi connectivity index (χ2v) is 4.83. The van der Waals surface area contributed by atoms with Crippen LogP contribution in [0.2, 0.25) is 0 Å². The lowest BCUT2D eigenvalue weighted by molar-refractivity contribution is -0.138. The second kappa shape index (κ2) is 5.78. The fourth-order valence-corrected chi connectivity index (χ4v) is 2.45. The van der Waals surface area contributed by atoms with Crippen LogP contribution in [0.1, 0.15) is 30.9 Å². The Morgan fingerprint density at radius 2 is 1.80 bits per heavy atom. The number of carboxylic acids is 1. The van der Waals surface area contributed by atoms with Gasteiger partial charge < -0.3 is 10.2 Å². The van der Waals surface area contributed by atoms with Gasteiger partial charge in [-0.05, 0) is 47.7 Å². The van der Waals surface area contributed by atoms with Gasteiger partial charge in [0.05, 0.1) is 5.92 Å². The highest BCUT2D eigenvalue weighted by molar-refractivity contribution is 5.78. The maximum absolute atomic E-state index is 11.2. The maximum Gasteiger partial charge on any atom is 0.310 e.